The Balaban J connectivity index is 1.70. The van der Waals surface area contributed by atoms with Crippen molar-refractivity contribution in [2.75, 3.05) is 10.6 Å². The summed E-state index contributed by atoms with van der Waals surface area (Å²) in [6.07, 6.45) is 0.423. The van der Waals surface area contributed by atoms with Crippen LogP contribution in [0.4, 0.5) is 20.2 Å². The molecule has 3 aromatic rings. The fraction of sp³-hybridized carbons (Fsp3) is 0.300. The molecule has 0 aromatic heterocycles. The van der Waals surface area contributed by atoms with Gasteiger partial charge in [0.15, 0.2) is 0 Å². The van der Waals surface area contributed by atoms with Gasteiger partial charge in [-0.1, -0.05) is 62.2 Å². The second-order valence-electron chi connectivity index (χ2n) is 11.6. The maximum atomic E-state index is 15.8. The van der Waals surface area contributed by atoms with Crippen LogP contribution >= 0.6 is 23.2 Å². The molecule has 11 heteroatoms. The van der Waals surface area contributed by atoms with E-state index in [1.807, 2.05) is 20.8 Å². The van der Waals surface area contributed by atoms with Crippen molar-refractivity contribution in [1.29, 1.82) is 0 Å². The third-order valence-corrected chi connectivity index (χ3v) is 8.26. The van der Waals surface area contributed by atoms with Crippen LogP contribution in [0.2, 0.25) is 10.0 Å². The smallest absolute Gasteiger partial charge is 0.248 e. The van der Waals surface area contributed by atoms with E-state index in [1.54, 1.807) is 24.3 Å². The third-order valence-electron chi connectivity index (χ3n) is 7.73. The van der Waals surface area contributed by atoms with Crippen molar-refractivity contribution in [2.24, 2.45) is 11.1 Å². The molecule has 0 aliphatic carbocycles. The van der Waals surface area contributed by atoms with Gasteiger partial charge < -0.3 is 21.7 Å². The molecule has 3 amide bonds. The number of carbonyl (C=O) groups excluding carboxylic acids is 3. The van der Waals surface area contributed by atoms with Crippen LogP contribution in [-0.2, 0) is 15.0 Å². The van der Waals surface area contributed by atoms with Gasteiger partial charge in [-0.3, -0.25) is 14.4 Å². The van der Waals surface area contributed by atoms with Crippen LogP contribution in [-0.4, -0.2) is 29.8 Å². The van der Waals surface area contributed by atoms with Gasteiger partial charge in [0.05, 0.1) is 16.8 Å². The van der Waals surface area contributed by atoms with E-state index in [-0.39, 0.29) is 27.3 Å². The fourth-order valence-electron chi connectivity index (χ4n) is 6.13. The summed E-state index contributed by atoms with van der Waals surface area (Å²) in [4.78, 5) is 39.6. The molecule has 1 spiro atoms. The Bertz CT molecular complexity index is 1590. The monoisotopic (exact) mass is 600 g/mol. The molecule has 2 heterocycles. The van der Waals surface area contributed by atoms with Gasteiger partial charge in [-0.05, 0) is 59.4 Å². The Kier molecular flexibility index (Phi) is 7.34. The second-order valence-corrected chi connectivity index (χ2v) is 12.5. The first-order chi connectivity index (χ1) is 19.2. The van der Waals surface area contributed by atoms with Crippen LogP contribution in [0, 0.1) is 17.0 Å². The highest BCUT2D eigenvalue weighted by Crippen LogP contribution is 2.57. The molecule has 7 nitrogen and oxygen atoms in total. The molecule has 0 bridgehead atoms. The lowest BCUT2D eigenvalue weighted by Gasteiger charge is -2.37. The number of carbonyl (C=O) groups is 3. The molecule has 1 fully saturated rings. The number of anilines is 2. The lowest BCUT2D eigenvalue weighted by atomic mass is 9.62. The molecule has 0 saturated carbocycles. The number of hydrogen-bond acceptors (Lipinski definition) is 4. The predicted octanol–water partition coefficient (Wildman–Crippen LogP) is 5.76. The summed E-state index contributed by atoms with van der Waals surface area (Å²) >= 11 is 12.5. The van der Waals surface area contributed by atoms with E-state index < -0.39 is 52.8 Å². The number of halogens is 4. The predicted molar refractivity (Wildman–Crippen MR) is 154 cm³/mol. The first-order valence-electron chi connectivity index (χ1n) is 13.0. The first-order valence-corrected chi connectivity index (χ1v) is 13.7. The normalized spacial score (nSPS) is 23.4. The zero-order valence-electron chi connectivity index (χ0n) is 22.4. The number of rotatable bonds is 5. The number of primary amides is 1. The van der Waals surface area contributed by atoms with E-state index in [4.69, 9.17) is 28.9 Å². The maximum absolute atomic E-state index is 15.8. The highest BCUT2D eigenvalue weighted by atomic mass is 35.5. The summed E-state index contributed by atoms with van der Waals surface area (Å²) in [5.74, 6) is -4.68. The van der Waals surface area contributed by atoms with Crippen LogP contribution in [0.15, 0.2) is 54.6 Å². The fourth-order valence-corrected chi connectivity index (χ4v) is 6.49. The van der Waals surface area contributed by atoms with Crippen molar-refractivity contribution < 1.29 is 23.2 Å². The molecule has 1 unspecified atom stereocenters. The number of amides is 3. The van der Waals surface area contributed by atoms with Crippen LogP contribution in [0.5, 0.6) is 0 Å². The molecule has 5 N–H and O–H groups in total. The van der Waals surface area contributed by atoms with E-state index in [9.17, 15) is 18.8 Å². The van der Waals surface area contributed by atoms with Crippen LogP contribution in [0.1, 0.15) is 54.6 Å². The molecule has 2 aliphatic rings. The number of nitrogens with two attached hydrogens (primary N) is 1. The average Bonchev–Trinajstić information content (AvgIpc) is 3.35. The number of benzene rings is 3. The summed E-state index contributed by atoms with van der Waals surface area (Å²) in [7, 11) is 0. The minimum absolute atomic E-state index is 0.0593. The van der Waals surface area contributed by atoms with Gasteiger partial charge in [-0.25, -0.2) is 8.78 Å². The zero-order valence-corrected chi connectivity index (χ0v) is 24.0. The van der Waals surface area contributed by atoms with Crippen LogP contribution in [0.3, 0.4) is 0 Å². The highest BCUT2D eigenvalue weighted by molar-refractivity contribution is 6.31. The second kappa shape index (κ2) is 10.4. The maximum Gasteiger partial charge on any atom is 0.248 e. The summed E-state index contributed by atoms with van der Waals surface area (Å²) in [6, 6.07) is 11.0. The molecule has 2 aliphatic heterocycles. The molecule has 1 saturated heterocycles. The topological polar surface area (TPSA) is 113 Å². The van der Waals surface area contributed by atoms with Crippen molar-refractivity contribution in [3.63, 3.8) is 0 Å². The highest BCUT2D eigenvalue weighted by Gasteiger charge is 2.66. The van der Waals surface area contributed by atoms with Gasteiger partial charge in [0.1, 0.15) is 17.0 Å². The van der Waals surface area contributed by atoms with Crippen molar-refractivity contribution in [3.05, 3.63) is 93.0 Å². The minimum Gasteiger partial charge on any atom is -0.366 e. The zero-order chi connectivity index (χ0) is 29.9. The number of nitrogens with one attached hydrogen (secondary N) is 3. The SMILES string of the molecule is CC(C)(C)CC1N[C@@H](C(=O)Nc2ccc(C(N)=O)cc2F)[C@H](c2cccc(Cl)c2F)[C@]12C(=O)Nc1cc(Cl)ccc12. The number of fused-ring (bicyclic) bond motifs is 2. The summed E-state index contributed by atoms with van der Waals surface area (Å²) in [5, 5.41) is 9.00. The Morgan fingerprint density at radius 3 is 2.46 bits per heavy atom. The van der Waals surface area contributed by atoms with Gasteiger partial charge in [-0.15, -0.1) is 0 Å². The molecular weight excluding hydrogens is 573 g/mol. The summed E-state index contributed by atoms with van der Waals surface area (Å²) < 4.78 is 30.7. The van der Waals surface area contributed by atoms with Crippen molar-refractivity contribution >= 4 is 52.3 Å². The molecule has 4 atom stereocenters. The molecule has 41 heavy (non-hydrogen) atoms. The van der Waals surface area contributed by atoms with Crippen molar-refractivity contribution in [1.82, 2.24) is 5.32 Å². The largest absolute Gasteiger partial charge is 0.366 e. The molecule has 3 aromatic carbocycles. The van der Waals surface area contributed by atoms with Gasteiger partial charge in [-0.2, -0.15) is 0 Å². The van der Waals surface area contributed by atoms with E-state index in [1.165, 1.54) is 24.3 Å². The van der Waals surface area contributed by atoms with Crippen molar-refractivity contribution in [2.45, 2.75) is 50.6 Å². The Morgan fingerprint density at radius 1 is 1.07 bits per heavy atom. The lowest BCUT2D eigenvalue weighted by molar-refractivity contribution is -0.122. The van der Waals surface area contributed by atoms with E-state index in [0.29, 0.717) is 22.7 Å². The van der Waals surface area contributed by atoms with E-state index in [2.05, 4.69) is 16.0 Å². The van der Waals surface area contributed by atoms with Crippen molar-refractivity contribution in [3.8, 4) is 0 Å². The Labute approximate surface area is 245 Å². The Morgan fingerprint density at radius 2 is 1.80 bits per heavy atom. The van der Waals surface area contributed by atoms with E-state index >= 15 is 4.39 Å². The first kappa shape index (κ1) is 29.0. The lowest BCUT2D eigenvalue weighted by Crippen LogP contribution is -2.49. The molecular formula is C30H28Cl2F2N4O3. The summed E-state index contributed by atoms with van der Waals surface area (Å²) in [6.45, 7) is 5.99. The van der Waals surface area contributed by atoms with Gasteiger partial charge in [0, 0.05) is 28.2 Å². The third kappa shape index (κ3) is 4.96. The molecule has 0 radical (unpaired) electrons. The van der Waals surface area contributed by atoms with Gasteiger partial charge in [0.2, 0.25) is 17.7 Å². The Hall–Kier alpha value is -3.53. The van der Waals surface area contributed by atoms with Crippen LogP contribution in [0.25, 0.3) is 0 Å². The average molecular weight is 601 g/mol. The standard InChI is InChI=1S/C30H28Cl2F2N4O3/c1-29(2,3)13-22-30(17-9-8-15(31)12-21(17)37-28(30)41)23(16-5-4-6-18(32)24(16)34)25(38-22)27(40)36-20-10-7-14(26(35)39)11-19(20)33/h4-12,22-23,25,38H,13H2,1-3H3,(H2,35,39)(H,36,40)(H,37,41)/t22?,23-,25+,30+/m0/s1. The van der Waals surface area contributed by atoms with Gasteiger partial charge >= 0.3 is 0 Å². The number of hydrogen-bond donors (Lipinski definition) is 4. The minimum atomic E-state index is -1.45. The van der Waals surface area contributed by atoms with Gasteiger partial charge in [0.25, 0.3) is 0 Å². The van der Waals surface area contributed by atoms with E-state index in [0.717, 1.165) is 6.07 Å². The summed E-state index contributed by atoms with van der Waals surface area (Å²) in [5.41, 5.74) is 4.28. The molecule has 214 valence electrons. The quantitative estimate of drug-likeness (QED) is 0.298. The van der Waals surface area contributed by atoms with Crippen LogP contribution < -0.4 is 21.7 Å². The molecule has 5 rings (SSSR count).